The van der Waals surface area contributed by atoms with Crippen molar-refractivity contribution in [2.45, 2.75) is 25.4 Å². The number of carbonyl (C=O) groups excluding carboxylic acids is 1. The lowest BCUT2D eigenvalue weighted by molar-refractivity contribution is -0.140. The van der Waals surface area contributed by atoms with Gasteiger partial charge in [-0.15, -0.1) is 11.3 Å². The van der Waals surface area contributed by atoms with Gasteiger partial charge in [-0.25, -0.2) is 18.4 Å². The minimum atomic E-state index is -4.60. The van der Waals surface area contributed by atoms with Crippen molar-refractivity contribution in [1.82, 2.24) is 14.8 Å². The van der Waals surface area contributed by atoms with Crippen molar-refractivity contribution in [2.75, 3.05) is 5.32 Å². The molecule has 0 saturated carbocycles. The van der Waals surface area contributed by atoms with Gasteiger partial charge in [-0.3, -0.25) is 10.1 Å². The summed E-state index contributed by atoms with van der Waals surface area (Å²) in [5, 5.41) is 7.12. The number of alkyl halides is 3. The van der Waals surface area contributed by atoms with Crippen molar-refractivity contribution in [3.63, 3.8) is 0 Å². The van der Waals surface area contributed by atoms with E-state index in [1.807, 2.05) is 0 Å². The minimum Gasteiger partial charge on any atom is -0.296 e. The maximum Gasteiger partial charge on any atom is 0.434 e. The average molecular weight is 414 g/mol. The first-order valence-electron chi connectivity index (χ1n) is 8.14. The SMILES string of the molecule is O=C(Nc1nc(C(F)(F)F)cs1)c1nn(-c2ccc(F)c(F)c2)c2c1CCC2. The Bertz CT molecular complexity index is 1070. The number of rotatable bonds is 3. The van der Waals surface area contributed by atoms with Crippen LogP contribution in [0.4, 0.5) is 27.1 Å². The number of hydrogen-bond acceptors (Lipinski definition) is 4. The van der Waals surface area contributed by atoms with Gasteiger partial charge in [0.25, 0.3) is 5.91 Å². The number of halogens is 5. The Morgan fingerprint density at radius 3 is 2.64 bits per heavy atom. The van der Waals surface area contributed by atoms with Crippen LogP contribution >= 0.6 is 11.3 Å². The van der Waals surface area contributed by atoms with Gasteiger partial charge in [0.1, 0.15) is 0 Å². The first-order valence-corrected chi connectivity index (χ1v) is 9.02. The lowest BCUT2D eigenvalue weighted by atomic mass is 10.2. The van der Waals surface area contributed by atoms with E-state index in [0.29, 0.717) is 35.4 Å². The number of benzene rings is 1. The number of anilines is 1. The quantitative estimate of drug-likeness (QED) is 0.648. The fraction of sp³-hybridized carbons (Fsp3) is 0.235. The van der Waals surface area contributed by atoms with Crippen molar-refractivity contribution in [3.8, 4) is 5.69 Å². The standard InChI is InChI=1S/C17H11F5N4OS/c18-10-5-4-8(6-11(10)19)26-12-3-1-2-9(12)14(25-26)15(27)24-16-23-13(7-28-16)17(20,21)22/h4-7H,1-3H2,(H,23,24,27). The first-order chi connectivity index (χ1) is 13.2. The number of hydrogen-bond donors (Lipinski definition) is 1. The summed E-state index contributed by atoms with van der Waals surface area (Å²) in [5.74, 6) is -2.76. The van der Waals surface area contributed by atoms with E-state index in [4.69, 9.17) is 0 Å². The molecule has 0 radical (unpaired) electrons. The van der Waals surface area contributed by atoms with E-state index < -0.39 is 29.4 Å². The molecule has 0 saturated heterocycles. The summed E-state index contributed by atoms with van der Waals surface area (Å²) in [6, 6.07) is 3.27. The molecule has 146 valence electrons. The molecular weight excluding hydrogens is 403 g/mol. The van der Waals surface area contributed by atoms with Crippen molar-refractivity contribution >= 4 is 22.4 Å². The lowest BCUT2D eigenvalue weighted by Crippen LogP contribution is -2.15. The summed E-state index contributed by atoms with van der Waals surface area (Å²) in [6.45, 7) is 0. The van der Waals surface area contributed by atoms with Gasteiger partial charge >= 0.3 is 6.18 Å². The fourth-order valence-electron chi connectivity index (χ4n) is 3.07. The summed E-state index contributed by atoms with van der Waals surface area (Å²) in [6.07, 6.45) is -2.72. The maximum atomic E-state index is 13.6. The second-order valence-electron chi connectivity index (χ2n) is 6.13. The summed E-state index contributed by atoms with van der Waals surface area (Å²) in [5.41, 5.74) is 0.511. The molecule has 0 aliphatic heterocycles. The van der Waals surface area contributed by atoms with Crippen LogP contribution in [-0.4, -0.2) is 20.7 Å². The van der Waals surface area contributed by atoms with Crippen molar-refractivity contribution in [1.29, 1.82) is 0 Å². The van der Waals surface area contributed by atoms with E-state index in [2.05, 4.69) is 15.4 Å². The van der Waals surface area contributed by atoms with Gasteiger partial charge in [-0.2, -0.15) is 18.3 Å². The number of thiazole rings is 1. The van der Waals surface area contributed by atoms with Gasteiger partial charge in [0.05, 0.1) is 5.69 Å². The summed E-state index contributed by atoms with van der Waals surface area (Å²) in [7, 11) is 0. The van der Waals surface area contributed by atoms with Crippen LogP contribution in [0, 0.1) is 11.6 Å². The molecule has 0 bridgehead atoms. The Hall–Kier alpha value is -2.82. The highest BCUT2D eigenvalue weighted by molar-refractivity contribution is 7.14. The third-order valence-corrected chi connectivity index (χ3v) is 5.07. The second-order valence-corrected chi connectivity index (χ2v) is 6.99. The summed E-state index contributed by atoms with van der Waals surface area (Å²) in [4.78, 5) is 15.9. The molecule has 2 aromatic heterocycles. The molecule has 3 aromatic rings. The molecule has 1 aliphatic carbocycles. The number of fused-ring (bicyclic) bond motifs is 1. The van der Waals surface area contributed by atoms with Gasteiger partial charge in [0.2, 0.25) is 0 Å². The van der Waals surface area contributed by atoms with Crippen molar-refractivity contribution in [2.24, 2.45) is 0 Å². The number of amides is 1. The molecule has 2 heterocycles. The van der Waals surface area contributed by atoms with Crippen LogP contribution < -0.4 is 5.32 Å². The molecule has 5 nitrogen and oxygen atoms in total. The smallest absolute Gasteiger partial charge is 0.296 e. The first kappa shape index (κ1) is 18.5. The number of carbonyl (C=O) groups is 1. The van der Waals surface area contributed by atoms with Gasteiger partial charge in [0.15, 0.2) is 28.2 Å². The third-order valence-electron chi connectivity index (χ3n) is 4.31. The molecule has 0 unspecified atom stereocenters. The average Bonchev–Trinajstić information content (AvgIpc) is 3.32. The van der Waals surface area contributed by atoms with Crippen LogP contribution in [0.15, 0.2) is 23.6 Å². The molecule has 0 atom stereocenters. The van der Waals surface area contributed by atoms with E-state index >= 15 is 0 Å². The van der Waals surface area contributed by atoms with Crippen LogP contribution in [-0.2, 0) is 19.0 Å². The fourth-order valence-corrected chi connectivity index (χ4v) is 3.78. The molecule has 1 amide bonds. The highest BCUT2D eigenvalue weighted by Gasteiger charge is 2.34. The molecular formula is C17H11F5N4OS. The lowest BCUT2D eigenvalue weighted by Gasteiger charge is -2.06. The number of nitrogens with one attached hydrogen (secondary N) is 1. The number of aromatic nitrogens is 3. The molecule has 4 rings (SSSR count). The van der Waals surface area contributed by atoms with Crippen LogP contribution in [0.25, 0.3) is 5.69 Å². The Labute approximate surface area is 158 Å². The predicted octanol–water partition coefficient (Wildman–Crippen LogP) is 4.37. The monoisotopic (exact) mass is 414 g/mol. The van der Waals surface area contributed by atoms with E-state index in [1.165, 1.54) is 10.7 Å². The predicted molar refractivity (Wildman–Crippen MR) is 90.6 cm³/mol. The molecule has 0 spiro atoms. The third kappa shape index (κ3) is 3.26. The van der Waals surface area contributed by atoms with E-state index in [9.17, 15) is 26.7 Å². The minimum absolute atomic E-state index is 0.0287. The Morgan fingerprint density at radius 2 is 1.96 bits per heavy atom. The topological polar surface area (TPSA) is 59.8 Å². The zero-order valence-corrected chi connectivity index (χ0v) is 14.8. The largest absolute Gasteiger partial charge is 0.434 e. The van der Waals surface area contributed by atoms with Crippen LogP contribution in [0.3, 0.4) is 0 Å². The molecule has 0 fully saturated rings. The van der Waals surface area contributed by atoms with Crippen molar-refractivity contribution in [3.05, 3.63) is 57.9 Å². The molecule has 11 heteroatoms. The Kier molecular flexibility index (Phi) is 4.41. The van der Waals surface area contributed by atoms with E-state index in [1.54, 1.807) is 0 Å². The van der Waals surface area contributed by atoms with Gasteiger partial charge in [-0.05, 0) is 31.4 Å². The maximum absolute atomic E-state index is 13.6. The highest BCUT2D eigenvalue weighted by atomic mass is 32.1. The van der Waals surface area contributed by atoms with Crippen LogP contribution in [0.2, 0.25) is 0 Å². The summed E-state index contributed by atoms with van der Waals surface area (Å²) >= 11 is 0.651. The van der Waals surface area contributed by atoms with Gasteiger partial charge in [-0.1, -0.05) is 0 Å². The summed E-state index contributed by atoms with van der Waals surface area (Å²) < 4.78 is 66.1. The number of nitrogens with zero attached hydrogens (tertiary/aromatic N) is 3. The Morgan fingerprint density at radius 1 is 1.18 bits per heavy atom. The molecule has 28 heavy (non-hydrogen) atoms. The van der Waals surface area contributed by atoms with Crippen LogP contribution in [0.5, 0.6) is 0 Å². The van der Waals surface area contributed by atoms with E-state index in [0.717, 1.165) is 23.9 Å². The van der Waals surface area contributed by atoms with Gasteiger partial charge in [0, 0.05) is 22.7 Å². The van der Waals surface area contributed by atoms with E-state index in [-0.39, 0.29) is 16.5 Å². The molecule has 1 aromatic carbocycles. The van der Waals surface area contributed by atoms with Gasteiger partial charge < -0.3 is 0 Å². The zero-order chi connectivity index (χ0) is 20.1. The van der Waals surface area contributed by atoms with Crippen molar-refractivity contribution < 1.29 is 26.7 Å². The second kappa shape index (κ2) is 6.66. The van der Waals surface area contributed by atoms with Crippen LogP contribution in [0.1, 0.15) is 33.9 Å². The molecule has 1 aliphatic rings. The normalized spacial score (nSPS) is 13.6. The zero-order valence-electron chi connectivity index (χ0n) is 14.0. The highest BCUT2D eigenvalue weighted by Crippen LogP contribution is 2.32. The Balaban J connectivity index is 1.66. The molecule has 1 N–H and O–H groups in total.